The molecule has 2 rings (SSSR count). The average Bonchev–Trinajstić information content (AvgIpc) is 2.68. The lowest BCUT2D eigenvalue weighted by atomic mass is 10.1. The molecule has 0 aromatic carbocycles. The van der Waals surface area contributed by atoms with Gasteiger partial charge in [0.25, 0.3) is 0 Å². The van der Waals surface area contributed by atoms with Gasteiger partial charge < -0.3 is 10.2 Å². The highest BCUT2D eigenvalue weighted by Gasteiger charge is 2.22. The maximum Gasteiger partial charge on any atom is 0.0592 e. The van der Waals surface area contributed by atoms with E-state index in [-0.39, 0.29) is 0 Å². The Bertz CT molecular complexity index is 329. The largest absolute Gasteiger partial charge is 0.370 e. The minimum absolute atomic E-state index is 0.773. The second-order valence-corrected chi connectivity index (χ2v) is 4.84. The molecule has 0 spiro atoms. The van der Waals surface area contributed by atoms with Crippen LogP contribution >= 0.6 is 15.9 Å². The van der Waals surface area contributed by atoms with Crippen molar-refractivity contribution in [2.24, 2.45) is 5.92 Å². The molecule has 0 saturated carbocycles. The third-order valence-electron chi connectivity index (χ3n) is 2.87. The normalized spacial score (nSPS) is 20.9. The zero-order chi connectivity index (χ0) is 10.7. The molecule has 3 nitrogen and oxygen atoms in total. The molecule has 1 atom stereocenters. The van der Waals surface area contributed by atoms with Gasteiger partial charge in [0.1, 0.15) is 0 Å². The van der Waals surface area contributed by atoms with Crippen molar-refractivity contribution < 1.29 is 0 Å². The molecule has 0 aliphatic carbocycles. The molecule has 1 N–H and O–H groups in total. The summed E-state index contributed by atoms with van der Waals surface area (Å²) in [5, 5.41) is 3.25. The smallest absolute Gasteiger partial charge is 0.0592 e. The molecule has 1 aliphatic heterocycles. The number of nitrogens with zero attached hydrogens (tertiary/aromatic N) is 2. The molecule has 1 fully saturated rings. The van der Waals surface area contributed by atoms with Crippen LogP contribution < -0.4 is 10.2 Å². The number of pyridine rings is 1. The van der Waals surface area contributed by atoms with E-state index in [1.807, 2.05) is 19.4 Å². The van der Waals surface area contributed by atoms with Crippen molar-refractivity contribution in [2.45, 2.75) is 6.42 Å². The maximum atomic E-state index is 4.09. The van der Waals surface area contributed by atoms with Gasteiger partial charge in [-0.1, -0.05) is 0 Å². The van der Waals surface area contributed by atoms with Crippen LogP contribution in [0, 0.1) is 5.92 Å². The van der Waals surface area contributed by atoms with Crippen LogP contribution in [-0.2, 0) is 0 Å². The summed E-state index contributed by atoms with van der Waals surface area (Å²) in [5.41, 5.74) is 1.27. The maximum absolute atomic E-state index is 4.09. The van der Waals surface area contributed by atoms with Crippen LogP contribution in [0.2, 0.25) is 0 Å². The number of hydrogen-bond acceptors (Lipinski definition) is 3. The van der Waals surface area contributed by atoms with Gasteiger partial charge in [0, 0.05) is 25.5 Å². The zero-order valence-corrected chi connectivity index (χ0v) is 10.5. The second kappa shape index (κ2) is 4.94. The van der Waals surface area contributed by atoms with Crippen LogP contribution in [0.15, 0.2) is 22.9 Å². The van der Waals surface area contributed by atoms with Crippen molar-refractivity contribution in [3.05, 3.63) is 22.9 Å². The van der Waals surface area contributed by atoms with Crippen LogP contribution in [0.25, 0.3) is 0 Å². The molecule has 4 heteroatoms. The Morgan fingerprint density at radius 2 is 2.53 bits per heavy atom. The summed E-state index contributed by atoms with van der Waals surface area (Å²) in [5.74, 6) is 0.773. The van der Waals surface area contributed by atoms with Crippen LogP contribution in [0.1, 0.15) is 6.42 Å². The number of anilines is 1. The SMILES string of the molecule is CNCC1CCN(c2ccncc2Br)C1. The first-order chi connectivity index (χ1) is 7.31. The van der Waals surface area contributed by atoms with E-state index in [1.54, 1.807) is 0 Å². The first kappa shape index (κ1) is 10.9. The van der Waals surface area contributed by atoms with E-state index < -0.39 is 0 Å². The van der Waals surface area contributed by atoms with E-state index in [2.05, 4.69) is 37.2 Å². The first-order valence-corrected chi connectivity index (χ1v) is 6.09. The van der Waals surface area contributed by atoms with Crippen LogP contribution in [0.3, 0.4) is 0 Å². The van der Waals surface area contributed by atoms with Crippen molar-refractivity contribution >= 4 is 21.6 Å². The minimum Gasteiger partial charge on any atom is -0.370 e. The minimum atomic E-state index is 0.773. The highest BCUT2D eigenvalue weighted by Crippen LogP contribution is 2.29. The van der Waals surface area contributed by atoms with Crippen molar-refractivity contribution in [3.63, 3.8) is 0 Å². The standard InChI is InChI=1S/C11H16BrN3/c1-13-6-9-3-5-15(8-9)11-2-4-14-7-10(11)12/h2,4,7,9,13H,3,5-6,8H2,1H3. The molecular formula is C11H16BrN3. The summed E-state index contributed by atoms with van der Waals surface area (Å²) < 4.78 is 1.09. The molecule has 82 valence electrons. The molecular weight excluding hydrogens is 254 g/mol. The second-order valence-electron chi connectivity index (χ2n) is 3.99. The third-order valence-corrected chi connectivity index (χ3v) is 3.48. The molecule has 0 amide bonds. The number of rotatable bonds is 3. The van der Waals surface area contributed by atoms with Gasteiger partial charge in [0.15, 0.2) is 0 Å². The molecule has 1 aromatic rings. The van der Waals surface area contributed by atoms with E-state index in [0.29, 0.717) is 0 Å². The molecule has 1 saturated heterocycles. The van der Waals surface area contributed by atoms with Crippen molar-refractivity contribution in [2.75, 3.05) is 31.6 Å². The summed E-state index contributed by atoms with van der Waals surface area (Å²) in [7, 11) is 2.02. The van der Waals surface area contributed by atoms with E-state index in [4.69, 9.17) is 0 Å². The van der Waals surface area contributed by atoms with Crippen molar-refractivity contribution in [1.82, 2.24) is 10.3 Å². The van der Waals surface area contributed by atoms with Crippen LogP contribution in [0.4, 0.5) is 5.69 Å². The summed E-state index contributed by atoms with van der Waals surface area (Å²) in [6.07, 6.45) is 4.99. The lowest BCUT2D eigenvalue weighted by Crippen LogP contribution is -2.24. The van der Waals surface area contributed by atoms with Gasteiger partial charge in [-0.15, -0.1) is 0 Å². The van der Waals surface area contributed by atoms with E-state index >= 15 is 0 Å². The molecule has 1 unspecified atom stereocenters. The Balaban J connectivity index is 2.04. The molecule has 1 aromatic heterocycles. The highest BCUT2D eigenvalue weighted by molar-refractivity contribution is 9.10. The van der Waals surface area contributed by atoms with Gasteiger partial charge in [-0.05, 0) is 47.9 Å². The Kier molecular flexibility index (Phi) is 3.59. The fourth-order valence-corrected chi connectivity index (χ4v) is 2.63. The predicted octanol–water partition coefficient (Wildman–Crippen LogP) is 1.89. The Hall–Kier alpha value is -0.610. The molecule has 2 heterocycles. The number of nitrogens with one attached hydrogen (secondary N) is 1. The zero-order valence-electron chi connectivity index (χ0n) is 8.91. The fourth-order valence-electron chi connectivity index (χ4n) is 2.13. The summed E-state index contributed by atoms with van der Waals surface area (Å²) in [6, 6.07) is 2.08. The monoisotopic (exact) mass is 269 g/mol. The third kappa shape index (κ3) is 2.49. The number of halogens is 1. The Labute approximate surface area is 99.0 Å². The van der Waals surface area contributed by atoms with Crippen LogP contribution in [0.5, 0.6) is 0 Å². The average molecular weight is 270 g/mol. The summed E-state index contributed by atoms with van der Waals surface area (Å²) >= 11 is 3.55. The first-order valence-electron chi connectivity index (χ1n) is 5.30. The Morgan fingerprint density at radius 3 is 3.27 bits per heavy atom. The highest BCUT2D eigenvalue weighted by atomic mass is 79.9. The molecule has 0 bridgehead atoms. The summed E-state index contributed by atoms with van der Waals surface area (Å²) in [4.78, 5) is 6.51. The van der Waals surface area contributed by atoms with Gasteiger partial charge in [-0.25, -0.2) is 0 Å². The lowest BCUT2D eigenvalue weighted by molar-refractivity contribution is 0.549. The van der Waals surface area contributed by atoms with Gasteiger partial charge >= 0.3 is 0 Å². The topological polar surface area (TPSA) is 28.2 Å². The van der Waals surface area contributed by atoms with E-state index in [0.717, 1.165) is 30.0 Å². The van der Waals surface area contributed by atoms with Crippen LogP contribution in [-0.4, -0.2) is 31.7 Å². The summed E-state index contributed by atoms with van der Waals surface area (Å²) in [6.45, 7) is 3.40. The van der Waals surface area contributed by atoms with Gasteiger partial charge in [0.05, 0.1) is 10.2 Å². The predicted molar refractivity (Wildman–Crippen MR) is 66.2 cm³/mol. The Morgan fingerprint density at radius 1 is 1.67 bits per heavy atom. The van der Waals surface area contributed by atoms with Gasteiger partial charge in [-0.2, -0.15) is 0 Å². The lowest BCUT2D eigenvalue weighted by Gasteiger charge is -2.19. The van der Waals surface area contributed by atoms with Gasteiger partial charge in [-0.3, -0.25) is 4.98 Å². The quantitative estimate of drug-likeness (QED) is 0.909. The molecule has 0 radical (unpaired) electrons. The molecule has 15 heavy (non-hydrogen) atoms. The number of aromatic nitrogens is 1. The number of hydrogen-bond donors (Lipinski definition) is 1. The fraction of sp³-hybridized carbons (Fsp3) is 0.545. The van der Waals surface area contributed by atoms with Gasteiger partial charge in [0.2, 0.25) is 0 Å². The van der Waals surface area contributed by atoms with E-state index in [9.17, 15) is 0 Å². The van der Waals surface area contributed by atoms with E-state index in [1.165, 1.54) is 12.1 Å². The molecule has 1 aliphatic rings. The van der Waals surface area contributed by atoms with Crippen molar-refractivity contribution in [1.29, 1.82) is 0 Å². The van der Waals surface area contributed by atoms with Crippen molar-refractivity contribution in [3.8, 4) is 0 Å².